The van der Waals surface area contributed by atoms with E-state index < -0.39 is 10.0 Å². The number of halogens is 1. The Labute approximate surface area is 144 Å². The Hall–Kier alpha value is -1.96. The molecule has 0 fully saturated rings. The number of hydrogen-bond acceptors (Lipinski definition) is 4. The highest BCUT2D eigenvalue weighted by molar-refractivity contribution is 7.89. The minimum absolute atomic E-state index is 0.221. The molecular formula is C16H15ClN4O2S. The van der Waals surface area contributed by atoms with E-state index >= 15 is 0 Å². The quantitative estimate of drug-likeness (QED) is 0.760. The number of aromatic nitrogens is 3. The van der Waals surface area contributed by atoms with Crippen LogP contribution in [0.3, 0.4) is 0 Å². The maximum atomic E-state index is 12.9. The summed E-state index contributed by atoms with van der Waals surface area (Å²) < 4.78 is 27.3. The maximum Gasteiger partial charge on any atom is 0.243 e. The summed E-state index contributed by atoms with van der Waals surface area (Å²) in [4.78, 5) is 4.53. The first-order valence-corrected chi connectivity index (χ1v) is 9.35. The molecule has 0 saturated carbocycles. The van der Waals surface area contributed by atoms with E-state index in [1.54, 1.807) is 24.5 Å². The number of pyridine rings is 1. The Bertz CT molecular complexity index is 1050. The molecule has 124 valence electrons. The first kappa shape index (κ1) is 15.6. The van der Waals surface area contributed by atoms with E-state index in [0.29, 0.717) is 24.5 Å². The van der Waals surface area contributed by atoms with Crippen LogP contribution in [0.1, 0.15) is 16.7 Å². The number of fused-ring (bicyclic) bond motifs is 3. The number of benzene rings is 1. The Morgan fingerprint density at radius 3 is 2.92 bits per heavy atom. The zero-order chi connectivity index (χ0) is 16.9. The molecule has 24 heavy (non-hydrogen) atoms. The van der Waals surface area contributed by atoms with Crippen LogP contribution >= 0.6 is 11.6 Å². The van der Waals surface area contributed by atoms with Crippen molar-refractivity contribution in [3.63, 3.8) is 0 Å². The van der Waals surface area contributed by atoms with Crippen LogP contribution in [0, 0.1) is 6.92 Å². The molecule has 1 N–H and O–H groups in total. The zero-order valence-electron chi connectivity index (χ0n) is 13.0. The summed E-state index contributed by atoms with van der Waals surface area (Å²) in [6, 6.07) is 4.84. The number of hydrogen-bond donors (Lipinski definition) is 1. The van der Waals surface area contributed by atoms with Gasteiger partial charge in [-0.05, 0) is 42.2 Å². The zero-order valence-corrected chi connectivity index (χ0v) is 14.5. The van der Waals surface area contributed by atoms with Crippen LogP contribution in [0.2, 0.25) is 5.02 Å². The molecule has 0 radical (unpaired) electrons. The Kier molecular flexibility index (Phi) is 3.59. The van der Waals surface area contributed by atoms with Crippen molar-refractivity contribution >= 4 is 32.7 Å². The predicted molar refractivity (Wildman–Crippen MR) is 91.4 cm³/mol. The van der Waals surface area contributed by atoms with E-state index in [-0.39, 0.29) is 4.90 Å². The van der Waals surface area contributed by atoms with Gasteiger partial charge in [0.25, 0.3) is 0 Å². The molecule has 0 saturated heterocycles. The lowest BCUT2D eigenvalue weighted by atomic mass is 10.0. The van der Waals surface area contributed by atoms with Crippen LogP contribution in [-0.2, 0) is 23.0 Å². The third-order valence-electron chi connectivity index (χ3n) is 4.42. The Balaban J connectivity index is 1.71. The van der Waals surface area contributed by atoms with Crippen LogP contribution in [0.5, 0.6) is 0 Å². The van der Waals surface area contributed by atoms with Crippen LogP contribution in [0.15, 0.2) is 35.5 Å². The molecule has 0 aliphatic carbocycles. The number of aryl methyl sites for hydroxylation is 1. The fourth-order valence-electron chi connectivity index (χ4n) is 3.02. The lowest BCUT2D eigenvalue weighted by molar-refractivity contribution is 0.392. The molecule has 0 unspecified atom stereocenters. The molecule has 1 aromatic carbocycles. The van der Waals surface area contributed by atoms with Gasteiger partial charge >= 0.3 is 0 Å². The number of aromatic amines is 1. The fourth-order valence-corrected chi connectivity index (χ4v) is 4.71. The molecule has 0 amide bonds. The van der Waals surface area contributed by atoms with Crippen molar-refractivity contribution in [2.75, 3.05) is 6.54 Å². The van der Waals surface area contributed by atoms with Gasteiger partial charge in [-0.15, -0.1) is 0 Å². The normalized spacial score (nSPS) is 15.6. The minimum atomic E-state index is -3.59. The molecular weight excluding hydrogens is 348 g/mol. The number of nitrogens with one attached hydrogen (secondary N) is 1. The summed E-state index contributed by atoms with van der Waals surface area (Å²) in [5, 5.41) is 8.26. The average molecular weight is 363 g/mol. The van der Waals surface area contributed by atoms with Crippen LogP contribution in [0.25, 0.3) is 11.0 Å². The molecule has 3 aromatic rings. The summed E-state index contributed by atoms with van der Waals surface area (Å²) >= 11 is 6.09. The molecule has 0 spiro atoms. The molecule has 0 atom stereocenters. The summed E-state index contributed by atoms with van der Waals surface area (Å²) in [6.45, 7) is 2.57. The van der Waals surface area contributed by atoms with E-state index in [1.165, 1.54) is 10.4 Å². The SMILES string of the molecule is Cc1ccc(S(=O)(=O)N2CCc3c(cnc4[nH]ncc34)C2)cc1Cl. The second kappa shape index (κ2) is 5.54. The van der Waals surface area contributed by atoms with E-state index in [2.05, 4.69) is 15.2 Å². The van der Waals surface area contributed by atoms with Crippen molar-refractivity contribution in [2.24, 2.45) is 0 Å². The summed E-state index contributed by atoms with van der Waals surface area (Å²) in [7, 11) is -3.59. The van der Waals surface area contributed by atoms with Crippen molar-refractivity contribution in [3.05, 3.63) is 52.3 Å². The van der Waals surface area contributed by atoms with Gasteiger partial charge in [0.15, 0.2) is 5.65 Å². The molecule has 8 heteroatoms. The lowest BCUT2D eigenvalue weighted by Crippen LogP contribution is -2.36. The van der Waals surface area contributed by atoms with Gasteiger partial charge in [-0.3, -0.25) is 5.10 Å². The maximum absolute atomic E-state index is 12.9. The van der Waals surface area contributed by atoms with Crippen molar-refractivity contribution in [3.8, 4) is 0 Å². The predicted octanol–water partition coefficient (Wildman–Crippen LogP) is 2.67. The molecule has 4 rings (SSSR count). The smallest absolute Gasteiger partial charge is 0.243 e. The number of H-pyrrole nitrogens is 1. The highest BCUT2D eigenvalue weighted by atomic mass is 35.5. The Morgan fingerprint density at radius 2 is 2.12 bits per heavy atom. The second-order valence-electron chi connectivity index (χ2n) is 5.89. The topological polar surface area (TPSA) is 79.0 Å². The summed E-state index contributed by atoms with van der Waals surface area (Å²) in [6.07, 6.45) is 4.09. The van der Waals surface area contributed by atoms with Crippen LogP contribution < -0.4 is 0 Å². The monoisotopic (exact) mass is 362 g/mol. The van der Waals surface area contributed by atoms with E-state index in [9.17, 15) is 8.42 Å². The Morgan fingerprint density at radius 1 is 1.29 bits per heavy atom. The average Bonchev–Trinajstić information content (AvgIpc) is 3.05. The third kappa shape index (κ3) is 2.40. The molecule has 2 aromatic heterocycles. The van der Waals surface area contributed by atoms with Gasteiger partial charge in [-0.2, -0.15) is 9.40 Å². The number of sulfonamides is 1. The fraction of sp³-hybridized carbons (Fsp3) is 0.250. The molecule has 1 aliphatic heterocycles. The molecule has 0 bridgehead atoms. The van der Waals surface area contributed by atoms with Crippen LogP contribution in [0.4, 0.5) is 0 Å². The number of nitrogens with zero attached hydrogens (tertiary/aromatic N) is 3. The van der Waals surface area contributed by atoms with E-state index in [1.807, 2.05) is 6.92 Å². The van der Waals surface area contributed by atoms with Crippen molar-refractivity contribution < 1.29 is 8.42 Å². The van der Waals surface area contributed by atoms with Gasteiger partial charge < -0.3 is 0 Å². The van der Waals surface area contributed by atoms with Gasteiger partial charge in [-0.1, -0.05) is 17.7 Å². The second-order valence-corrected chi connectivity index (χ2v) is 8.24. The molecule has 6 nitrogen and oxygen atoms in total. The van der Waals surface area contributed by atoms with E-state index in [4.69, 9.17) is 11.6 Å². The van der Waals surface area contributed by atoms with Crippen molar-refractivity contribution in [1.29, 1.82) is 0 Å². The standard InChI is InChI=1S/C16H15ClN4O2S/c1-10-2-3-12(6-15(10)17)24(22,23)21-5-4-13-11(9-21)7-18-16-14(13)8-19-20-16/h2-3,6-8H,4-5,9H2,1H3,(H,18,19,20). The van der Waals surface area contributed by atoms with Gasteiger partial charge in [-0.25, -0.2) is 13.4 Å². The van der Waals surface area contributed by atoms with Gasteiger partial charge in [0.1, 0.15) is 0 Å². The van der Waals surface area contributed by atoms with Crippen molar-refractivity contribution in [2.45, 2.75) is 24.8 Å². The first-order chi connectivity index (χ1) is 11.5. The summed E-state index contributed by atoms with van der Waals surface area (Å²) in [5.74, 6) is 0. The van der Waals surface area contributed by atoms with Gasteiger partial charge in [0, 0.05) is 29.7 Å². The first-order valence-electron chi connectivity index (χ1n) is 7.53. The highest BCUT2D eigenvalue weighted by Crippen LogP contribution is 2.29. The molecule has 1 aliphatic rings. The van der Waals surface area contributed by atoms with Crippen LogP contribution in [-0.4, -0.2) is 34.4 Å². The van der Waals surface area contributed by atoms with E-state index in [0.717, 1.165) is 27.7 Å². The van der Waals surface area contributed by atoms with Crippen molar-refractivity contribution in [1.82, 2.24) is 19.5 Å². The minimum Gasteiger partial charge on any atom is -0.261 e. The van der Waals surface area contributed by atoms with Gasteiger partial charge in [0.2, 0.25) is 10.0 Å². The summed E-state index contributed by atoms with van der Waals surface area (Å²) in [5.41, 5.74) is 3.61. The highest BCUT2D eigenvalue weighted by Gasteiger charge is 2.29. The van der Waals surface area contributed by atoms with Gasteiger partial charge in [0.05, 0.1) is 11.1 Å². The molecule has 3 heterocycles. The number of rotatable bonds is 2. The lowest BCUT2D eigenvalue weighted by Gasteiger charge is -2.28. The third-order valence-corrected chi connectivity index (χ3v) is 6.67. The largest absolute Gasteiger partial charge is 0.261 e.